The van der Waals surface area contributed by atoms with Crippen LogP contribution in [0.2, 0.25) is 19.6 Å². The summed E-state index contributed by atoms with van der Waals surface area (Å²) < 4.78 is 8.66. The summed E-state index contributed by atoms with van der Waals surface area (Å²) in [5.41, 5.74) is 14.5. The molecule has 8 aromatic carbocycles. The van der Waals surface area contributed by atoms with Gasteiger partial charge in [0.05, 0.1) is 30.5 Å². The molecule has 6 heteroatoms. The van der Waals surface area contributed by atoms with Crippen LogP contribution in [0.25, 0.3) is 94.0 Å². The molecule has 0 aliphatic rings. The maximum atomic E-state index is 6.26. The van der Waals surface area contributed by atoms with Gasteiger partial charge in [-0.05, 0) is 92.2 Å². The predicted octanol–water partition coefficient (Wildman–Crippen LogP) is 16.8. The van der Waals surface area contributed by atoms with E-state index in [1.165, 1.54) is 60.2 Å². The van der Waals surface area contributed by atoms with Crippen molar-refractivity contribution in [2.45, 2.75) is 78.9 Å². The Morgan fingerprint density at radius 3 is 2.00 bits per heavy atom. The SMILES string of the molecule is CC(C)c1cc(-c2ccccc2)cc(C(C)C)c1-n1c(-c2[c-]cc3c(ccc4ccccc43)c2)nc2ccccc21.CC(C)c1ccc2c(c1)oc1c(-c3ccc([Si](C)(C)C)cn3)[c-]ccc12.[Ir]. The first-order chi connectivity index (χ1) is 32.3. The summed E-state index contributed by atoms with van der Waals surface area (Å²) in [6.07, 6.45) is 2.02. The van der Waals surface area contributed by atoms with Crippen molar-refractivity contribution in [2.75, 3.05) is 0 Å². The number of para-hydroxylation sites is 2. The van der Waals surface area contributed by atoms with Gasteiger partial charge in [-0.1, -0.05) is 186 Å². The molecule has 11 aromatic rings. The van der Waals surface area contributed by atoms with E-state index in [0.29, 0.717) is 17.8 Å². The largest absolute Gasteiger partial charge is 0.501 e. The number of rotatable bonds is 8. The molecule has 0 aliphatic carbocycles. The van der Waals surface area contributed by atoms with Crippen LogP contribution in [0.3, 0.4) is 0 Å². The Bertz CT molecular complexity index is 3570. The zero-order chi connectivity index (χ0) is 46.6. The van der Waals surface area contributed by atoms with Gasteiger partial charge < -0.3 is 14.0 Å². The topological polar surface area (TPSA) is 43.9 Å². The molecule has 11 rings (SSSR count). The van der Waals surface area contributed by atoms with Crippen LogP contribution in [0.1, 0.15) is 76.0 Å². The van der Waals surface area contributed by atoms with Crippen LogP contribution in [-0.2, 0) is 20.1 Å². The third-order valence-corrected chi connectivity index (χ3v) is 15.3. The Balaban J connectivity index is 0.000000185. The maximum Gasteiger partial charge on any atom is 0.121 e. The number of pyridine rings is 1. The molecule has 0 aliphatic heterocycles. The summed E-state index contributed by atoms with van der Waals surface area (Å²) in [6, 6.07) is 63.2. The molecule has 0 spiro atoms. The molecule has 68 heavy (non-hydrogen) atoms. The van der Waals surface area contributed by atoms with Gasteiger partial charge >= 0.3 is 0 Å². The molecule has 0 bridgehead atoms. The van der Waals surface area contributed by atoms with Crippen molar-refractivity contribution in [3.05, 3.63) is 193 Å². The van der Waals surface area contributed by atoms with Crippen molar-refractivity contribution < 1.29 is 24.5 Å². The minimum absolute atomic E-state index is 0. The number of benzene rings is 8. The Hall–Kier alpha value is -6.43. The minimum Gasteiger partial charge on any atom is -0.501 e. The molecule has 3 aromatic heterocycles. The molecule has 0 saturated heterocycles. The zero-order valence-electron chi connectivity index (χ0n) is 40.4. The fraction of sp³-hybridized carbons (Fsp3) is 0.194. The van der Waals surface area contributed by atoms with Gasteiger partial charge in [0.1, 0.15) is 5.58 Å². The monoisotopic (exact) mass is 1080 g/mol. The second kappa shape index (κ2) is 18.9. The average Bonchev–Trinajstić information content (AvgIpc) is 3.92. The van der Waals surface area contributed by atoms with Crippen LogP contribution < -0.4 is 5.19 Å². The Kier molecular flexibility index (Phi) is 13.0. The van der Waals surface area contributed by atoms with Crippen LogP contribution in [0.15, 0.2) is 168 Å². The van der Waals surface area contributed by atoms with Gasteiger partial charge in [-0.3, -0.25) is 4.98 Å². The number of hydrogen-bond donors (Lipinski definition) is 0. The molecule has 4 nitrogen and oxygen atoms in total. The van der Waals surface area contributed by atoms with E-state index in [1.807, 2.05) is 12.3 Å². The van der Waals surface area contributed by atoms with E-state index in [0.717, 1.165) is 55.6 Å². The van der Waals surface area contributed by atoms with Crippen molar-refractivity contribution in [3.8, 4) is 39.5 Å². The Labute approximate surface area is 415 Å². The predicted molar refractivity (Wildman–Crippen MR) is 287 cm³/mol. The summed E-state index contributed by atoms with van der Waals surface area (Å²) in [4.78, 5) is 9.97. The first-order valence-corrected chi connectivity index (χ1v) is 27.2. The zero-order valence-corrected chi connectivity index (χ0v) is 43.8. The first kappa shape index (κ1) is 46.7. The van der Waals surface area contributed by atoms with Gasteiger partial charge in [0.2, 0.25) is 0 Å². The van der Waals surface area contributed by atoms with Crippen LogP contribution >= 0.6 is 0 Å². The number of nitrogens with zero attached hydrogens (tertiary/aromatic N) is 3. The molecular formula is C62H57IrN3OSi-2. The number of imidazole rings is 1. The molecule has 0 amide bonds. The molecule has 3 heterocycles. The van der Waals surface area contributed by atoms with Crippen molar-refractivity contribution in [2.24, 2.45) is 0 Å². The van der Waals surface area contributed by atoms with E-state index in [1.54, 1.807) is 0 Å². The second-order valence-electron chi connectivity index (χ2n) is 19.9. The van der Waals surface area contributed by atoms with Gasteiger partial charge in [0.15, 0.2) is 0 Å². The number of fused-ring (bicyclic) bond motifs is 7. The maximum absolute atomic E-state index is 6.26. The van der Waals surface area contributed by atoms with Crippen molar-refractivity contribution in [1.29, 1.82) is 0 Å². The van der Waals surface area contributed by atoms with E-state index in [4.69, 9.17) is 14.4 Å². The summed E-state index contributed by atoms with van der Waals surface area (Å²) in [5, 5.41) is 8.55. The molecule has 341 valence electrons. The number of furan rings is 1. The quantitative estimate of drug-likeness (QED) is 0.0865. The van der Waals surface area contributed by atoms with E-state index in [2.05, 4.69) is 230 Å². The summed E-state index contributed by atoms with van der Waals surface area (Å²) in [5.74, 6) is 2.06. The second-order valence-corrected chi connectivity index (χ2v) is 24.9. The summed E-state index contributed by atoms with van der Waals surface area (Å²) in [7, 11) is -1.35. The molecule has 0 N–H and O–H groups in total. The van der Waals surface area contributed by atoms with Gasteiger partial charge in [-0.15, -0.1) is 47.3 Å². The van der Waals surface area contributed by atoms with E-state index in [-0.39, 0.29) is 20.1 Å². The molecule has 1 radical (unpaired) electrons. The van der Waals surface area contributed by atoms with Crippen molar-refractivity contribution in [3.63, 3.8) is 0 Å². The fourth-order valence-electron chi connectivity index (χ4n) is 9.42. The summed E-state index contributed by atoms with van der Waals surface area (Å²) in [6.45, 7) is 20.6. The normalized spacial score (nSPS) is 11.9. The van der Waals surface area contributed by atoms with Gasteiger partial charge in [0, 0.05) is 37.4 Å². The van der Waals surface area contributed by atoms with Crippen molar-refractivity contribution >= 4 is 67.8 Å². The van der Waals surface area contributed by atoms with Crippen LogP contribution in [-0.4, -0.2) is 22.6 Å². The molecule has 0 unspecified atom stereocenters. The molecule has 0 atom stereocenters. The van der Waals surface area contributed by atoms with E-state index >= 15 is 0 Å². The van der Waals surface area contributed by atoms with Crippen LogP contribution in [0.4, 0.5) is 0 Å². The Morgan fingerprint density at radius 2 is 1.29 bits per heavy atom. The molecule has 0 fully saturated rings. The summed E-state index contributed by atoms with van der Waals surface area (Å²) >= 11 is 0. The van der Waals surface area contributed by atoms with Crippen LogP contribution in [0.5, 0.6) is 0 Å². The molecule has 0 saturated carbocycles. The van der Waals surface area contributed by atoms with E-state index < -0.39 is 8.07 Å². The molecular weight excluding hydrogens is 1020 g/mol. The first-order valence-electron chi connectivity index (χ1n) is 23.7. The van der Waals surface area contributed by atoms with Gasteiger partial charge in [0.25, 0.3) is 0 Å². The standard InChI is InChI=1S/C39H33N2.C23H24NOSi.Ir/c1-25(2)34-23-31(27-12-6-5-7-13-27)24-35(26(3)4)38(34)41-37-17-11-10-16-36(37)40-39(41)30-20-21-33-29(22-30)19-18-28-14-8-9-15-32(28)33;1-15(2)16-9-11-18-19-7-6-8-20(23(19)25-22(18)13-16)21-12-10-17(14-24-21)26(3,4)5;/h5-19,21-26H,1-4H3;6-7,9-15H,1-5H3;/q2*-1;. The third-order valence-electron chi connectivity index (χ3n) is 13.2. The fourth-order valence-corrected chi connectivity index (χ4v) is 10.5. The van der Waals surface area contributed by atoms with Gasteiger partial charge in [-0.25, -0.2) is 0 Å². The third kappa shape index (κ3) is 8.78. The van der Waals surface area contributed by atoms with Crippen LogP contribution in [0, 0.1) is 12.1 Å². The van der Waals surface area contributed by atoms with E-state index in [9.17, 15) is 0 Å². The smallest absolute Gasteiger partial charge is 0.121 e. The van der Waals surface area contributed by atoms with Crippen molar-refractivity contribution in [1.82, 2.24) is 14.5 Å². The Morgan fingerprint density at radius 1 is 0.588 bits per heavy atom. The number of aromatic nitrogens is 3. The average molecular weight is 1080 g/mol. The van der Waals surface area contributed by atoms with Gasteiger partial charge in [-0.2, -0.15) is 0 Å². The minimum atomic E-state index is -1.35. The number of hydrogen-bond acceptors (Lipinski definition) is 3.